The summed E-state index contributed by atoms with van der Waals surface area (Å²) in [6, 6.07) is 10.6. The van der Waals surface area contributed by atoms with Crippen molar-refractivity contribution in [3.8, 4) is 11.3 Å². The number of aromatic nitrogens is 2. The maximum absolute atomic E-state index is 13.1. The molecule has 2 saturated heterocycles. The van der Waals surface area contributed by atoms with E-state index in [-0.39, 0.29) is 5.91 Å². The second kappa shape index (κ2) is 8.45. The van der Waals surface area contributed by atoms with Crippen molar-refractivity contribution in [2.75, 3.05) is 46.3 Å². The first-order valence-electron chi connectivity index (χ1n) is 10.4. The molecule has 0 spiro atoms. The maximum Gasteiger partial charge on any atom is 0.257 e. The number of nitrogens with zero attached hydrogens (tertiary/aromatic N) is 4. The molecule has 0 radical (unpaired) electrons. The van der Waals surface area contributed by atoms with Crippen LogP contribution in [0.4, 0.5) is 0 Å². The molecule has 6 heteroatoms. The van der Waals surface area contributed by atoms with Crippen LogP contribution in [0.3, 0.4) is 0 Å². The van der Waals surface area contributed by atoms with Crippen molar-refractivity contribution in [3.05, 3.63) is 42.1 Å². The molecule has 1 aromatic heterocycles. The number of carbonyl (C=O) groups excluding carboxylic acids is 1. The van der Waals surface area contributed by atoms with E-state index in [1.165, 1.54) is 0 Å². The lowest BCUT2D eigenvalue weighted by Gasteiger charge is -2.42. The molecule has 2 aliphatic rings. The molecule has 1 N–H and O–H groups in total. The Morgan fingerprint density at radius 1 is 1.07 bits per heavy atom. The molecule has 2 fully saturated rings. The van der Waals surface area contributed by atoms with Gasteiger partial charge in [-0.15, -0.1) is 0 Å². The standard InChI is InChI=1S/C22H31N5O/c1-17(26-14-12-25(2)13-15-26)18-8-10-27(11-9-18)22(28)20-16-23-24-21(20)19-6-4-3-5-7-19/h3-7,16-18H,8-15H2,1-2H3,(H,23,24). The molecule has 1 amide bonds. The minimum atomic E-state index is 0.0957. The topological polar surface area (TPSA) is 55.5 Å². The molecule has 1 aromatic carbocycles. The predicted molar refractivity (Wildman–Crippen MR) is 111 cm³/mol. The molecule has 6 nitrogen and oxygen atoms in total. The van der Waals surface area contributed by atoms with E-state index in [9.17, 15) is 4.79 Å². The van der Waals surface area contributed by atoms with Crippen LogP contribution >= 0.6 is 0 Å². The lowest BCUT2D eigenvalue weighted by molar-refractivity contribution is 0.0500. The van der Waals surface area contributed by atoms with Gasteiger partial charge in [0.15, 0.2) is 0 Å². The Morgan fingerprint density at radius 2 is 1.75 bits per heavy atom. The normalized spacial score (nSPS) is 21.0. The Kier molecular flexibility index (Phi) is 5.78. The van der Waals surface area contributed by atoms with E-state index < -0.39 is 0 Å². The van der Waals surface area contributed by atoms with Crippen LogP contribution in [0.2, 0.25) is 0 Å². The average molecular weight is 382 g/mol. The van der Waals surface area contributed by atoms with E-state index in [1.807, 2.05) is 35.2 Å². The number of hydrogen-bond acceptors (Lipinski definition) is 4. The zero-order chi connectivity index (χ0) is 19.5. The highest BCUT2D eigenvalue weighted by molar-refractivity contribution is 5.99. The lowest BCUT2D eigenvalue weighted by atomic mass is 9.88. The highest BCUT2D eigenvalue weighted by Gasteiger charge is 2.31. The molecule has 1 unspecified atom stereocenters. The fourth-order valence-electron chi connectivity index (χ4n) is 4.56. The van der Waals surface area contributed by atoms with Gasteiger partial charge in [-0.2, -0.15) is 5.10 Å². The van der Waals surface area contributed by atoms with Crippen LogP contribution in [0.25, 0.3) is 11.3 Å². The van der Waals surface area contributed by atoms with E-state index in [0.29, 0.717) is 17.5 Å². The maximum atomic E-state index is 13.1. The summed E-state index contributed by atoms with van der Waals surface area (Å²) in [5, 5.41) is 7.15. The number of nitrogens with one attached hydrogen (secondary N) is 1. The number of piperidine rings is 1. The number of amides is 1. The molecule has 0 saturated carbocycles. The van der Waals surface area contributed by atoms with Gasteiger partial charge in [-0.25, -0.2) is 0 Å². The monoisotopic (exact) mass is 381 g/mol. The quantitative estimate of drug-likeness (QED) is 0.884. The van der Waals surface area contributed by atoms with E-state index >= 15 is 0 Å². The van der Waals surface area contributed by atoms with Gasteiger partial charge in [0.1, 0.15) is 0 Å². The first kappa shape index (κ1) is 19.2. The predicted octanol–water partition coefficient (Wildman–Crippen LogP) is 2.56. The van der Waals surface area contributed by atoms with Crippen LogP contribution in [-0.4, -0.2) is 83.2 Å². The summed E-state index contributed by atoms with van der Waals surface area (Å²) in [6.07, 6.45) is 3.83. The third kappa shape index (κ3) is 3.98. The van der Waals surface area contributed by atoms with Crippen molar-refractivity contribution in [2.24, 2.45) is 5.92 Å². The van der Waals surface area contributed by atoms with Crippen LogP contribution in [0, 0.1) is 5.92 Å². The summed E-state index contributed by atoms with van der Waals surface area (Å²) in [5.41, 5.74) is 2.50. The van der Waals surface area contributed by atoms with Crippen molar-refractivity contribution in [3.63, 3.8) is 0 Å². The van der Waals surface area contributed by atoms with Gasteiger partial charge in [-0.3, -0.25) is 14.8 Å². The molecule has 0 bridgehead atoms. The molecule has 1 atom stereocenters. The fraction of sp³-hybridized carbons (Fsp3) is 0.545. The van der Waals surface area contributed by atoms with Crippen LogP contribution in [0.15, 0.2) is 36.5 Å². The first-order valence-corrected chi connectivity index (χ1v) is 10.4. The number of likely N-dealkylation sites (tertiary alicyclic amines) is 1. The average Bonchev–Trinajstić information content (AvgIpc) is 3.24. The van der Waals surface area contributed by atoms with Gasteiger partial charge in [0.05, 0.1) is 17.5 Å². The fourth-order valence-corrected chi connectivity index (χ4v) is 4.56. The number of aromatic amines is 1. The van der Waals surface area contributed by atoms with Crippen LogP contribution < -0.4 is 0 Å². The zero-order valence-corrected chi connectivity index (χ0v) is 17.0. The van der Waals surface area contributed by atoms with Crippen molar-refractivity contribution >= 4 is 5.91 Å². The largest absolute Gasteiger partial charge is 0.339 e. The van der Waals surface area contributed by atoms with Crippen LogP contribution in [-0.2, 0) is 0 Å². The molecule has 3 heterocycles. The summed E-state index contributed by atoms with van der Waals surface area (Å²) in [7, 11) is 2.20. The van der Waals surface area contributed by atoms with Crippen LogP contribution in [0.5, 0.6) is 0 Å². The Morgan fingerprint density at radius 3 is 2.43 bits per heavy atom. The number of H-pyrrole nitrogens is 1. The molecule has 2 aliphatic heterocycles. The number of benzene rings is 1. The second-order valence-corrected chi connectivity index (χ2v) is 8.23. The third-order valence-corrected chi connectivity index (χ3v) is 6.56. The van der Waals surface area contributed by atoms with Gasteiger partial charge >= 0.3 is 0 Å². The third-order valence-electron chi connectivity index (χ3n) is 6.56. The van der Waals surface area contributed by atoms with Gasteiger partial charge in [-0.05, 0) is 32.7 Å². The summed E-state index contributed by atoms with van der Waals surface area (Å²) in [6.45, 7) is 8.67. The molecule has 4 rings (SSSR count). The highest BCUT2D eigenvalue weighted by atomic mass is 16.2. The van der Waals surface area contributed by atoms with Gasteiger partial charge in [0, 0.05) is 50.9 Å². The highest BCUT2D eigenvalue weighted by Crippen LogP contribution is 2.27. The van der Waals surface area contributed by atoms with Crippen molar-refractivity contribution in [1.29, 1.82) is 0 Å². The summed E-state index contributed by atoms with van der Waals surface area (Å²) < 4.78 is 0. The minimum absolute atomic E-state index is 0.0957. The van der Waals surface area contributed by atoms with Crippen molar-refractivity contribution in [2.45, 2.75) is 25.8 Å². The smallest absolute Gasteiger partial charge is 0.257 e. The Balaban J connectivity index is 1.37. The SMILES string of the molecule is CC(C1CCN(C(=O)c2cn[nH]c2-c2ccccc2)CC1)N1CCN(C)CC1. The molecular weight excluding hydrogens is 350 g/mol. The Hall–Kier alpha value is -2.18. The van der Waals surface area contributed by atoms with E-state index in [2.05, 4.69) is 34.0 Å². The number of piperazine rings is 1. The lowest BCUT2D eigenvalue weighted by Crippen LogP contribution is -2.52. The van der Waals surface area contributed by atoms with Gasteiger partial charge in [0.2, 0.25) is 0 Å². The summed E-state index contributed by atoms with van der Waals surface area (Å²) in [5.74, 6) is 0.767. The van der Waals surface area contributed by atoms with Gasteiger partial charge in [-0.1, -0.05) is 30.3 Å². The molecular formula is C22H31N5O. The van der Waals surface area contributed by atoms with Gasteiger partial charge in [0.25, 0.3) is 5.91 Å². The van der Waals surface area contributed by atoms with E-state index in [4.69, 9.17) is 0 Å². The van der Waals surface area contributed by atoms with Crippen molar-refractivity contribution in [1.82, 2.24) is 24.9 Å². The second-order valence-electron chi connectivity index (χ2n) is 8.23. The first-order chi connectivity index (χ1) is 13.6. The van der Waals surface area contributed by atoms with Crippen LogP contribution in [0.1, 0.15) is 30.1 Å². The zero-order valence-electron chi connectivity index (χ0n) is 17.0. The van der Waals surface area contributed by atoms with E-state index in [1.54, 1.807) is 6.20 Å². The van der Waals surface area contributed by atoms with Gasteiger partial charge < -0.3 is 9.80 Å². The number of rotatable bonds is 4. The molecule has 2 aromatic rings. The summed E-state index contributed by atoms with van der Waals surface area (Å²) in [4.78, 5) is 20.2. The minimum Gasteiger partial charge on any atom is -0.339 e. The van der Waals surface area contributed by atoms with E-state index in [0.717, 1.165) is 63.4 Å². The molecule has 28 heavy (non-hydrogen) atoms. The number of likely N-dealkylation sites (N-methyl/N-ethyl adjacent to an activating group) is 1. The van der Waals surface area contributed by atoms with Crippen molar-refractivity contribution < 1.29 is 4.79 Å². The number of carbonyl (C=O) groups is 1. The Bertz CT molecular complexity index is 773. The Labute approximate surface area is 167 Å². The molecule has 150 valence electrons. The molecule has 0 aliphatic carbocycles. The summed E-state index contributed by atoms with van der Waals surface area (Å²) >= 11 is 0. The number of hydrogen-bond donors (Lipinski definition) is 1.